The Morgan fingerprint density at radius 3 is 2.80 bits per heavy atom. The monoisotopic (exact) mass is 277 g/mol. The smallest absolute Gasteiger partial charge is 0.315 e. The van der Waals surface area contributed by atoms with Crippen molar-refractivity contribution in [3.8, 4) is 0 Å². The highest BCUT2D eigenvalue weighted by Crippen LogP contribution is 2.44. The van der Waals surface area contributed by atoms with E-state index in [4.69, 9.17) is 4.52 Å². The van der Waals surface area contributed by atoms with Gasteiger partial charge in [0.25, 0.3) is 0 Å². The van der Waals surface area contributed by atoms with Gasteiger partial charge in [-0.1, -0.05) is 11.6 Å². The summed E-state index contributed by atoms with van der Waals surface area (Å²) in [6.07, 6.45) is 5.89. The zero-order valence-electron chi connectivity index (χ0n) is 12.2. The molecule has 1 aromatic rings. The highest BCUT2D eigenvalue weighted by molar-refractivity contribution is 5.74. The second-order valence-electron chi connectivity index (χ2n) is 6.23. The van der Waals surface area contributed by atoms with Crippen molar-refractivity contribution in [2.45, 2.75) is 52.0 Å². The van der Waals surface area contributed by atoms with E-state index in [2.05, 4.69) is 15.8 Å². The van der Waals surface area contributed by atoms with Gasteiger partial charge in [0, 0.05) is 18.2 Å². The fraction of sp³-hybridized carbons (Fsp3) is 0.733. The van der Waals surface area contributed by atoms with Gasteiger partial charge < -0.3 is 15.2 Å². The molecule has 5 nitrogen and oxygen atoms in total. The molecule has 3 atom stereocenters. The van der Waals surface area contributed by atoms with Gasteiger partial charge in [-0.15, -0.1) is 0 Å². The number of aryl methyl sites for hydroxylation is 2. The zero-order valence-corrected chi connectivity index (χ0v) is 12.2. The van der Waals surface area contributed by atoms with Crippen molar-refractivity contribution in [3.63, 3.8) is 0 Å². The van der Waals surface area contributed by atoms with E-state index in [0.717, 1.165) is 29.4 Å². The van der Waals surface area contributed by atoms with Crippen molar-refractivity contribution in [1.29, 1.82) is 0 Å². The number of carbonyl (C=O) groups is 1. The first-order valence-corrected chi connectivity index (χ1v) is 7.59. The molecule has 1 heterocycles. The Kier molecular flexibility index (Phi) is 3.68. The van der Waals surface area contributed by atoms with E-state index in [-0.39, 0.29) is 6.03 Å². The van der Waals surface area contributed by atoms with Crippen LogP contribution in [-0.4, -0.2) is 23.8 Å². The largest absolute Gasteiger partial charge is 0.361 e. The van der Waals surface area contributed by atoms with Crippen molar-refractivity contribution in [2.75, 3.05) is 6.54 Å². The van der Waals surface area contributed by atoms with Gasteiger partial charge >= 0.3 is 6.03 Å². The highest BCUT2D eigenvalue weighted by atomic mass is 16.5. The van der Waals surface area contributed by atoms with Gasteiger partial charge in [-0.3, -0.25) is 0 Å². The summed E-state index contributed by atoms with van der Waals surface area (Å²) in [6, 6.07) is 0.363. The number of urea groups is 1. The van der Waals surface area contributed by atoms with E-state index in [1.807, 2.05) is 13.8 Å². The lowest BCUT2D eigenvalue weighted by Gasteiger charge is -2.23. The third-order valence-corrected chi connectivity index (χ3v) is 4.90. The molecule has 2 N–H and O–H groups in total. The molecule has 3 rings (SSSR count). The van der Waals surface area contributed by atoms with E-state index in [9.17, 15) is 4.79 Å². The van der Waals surface area contributed by atoms with E-state index >= 15 is 0 Å². The number of amides is 2. The number of nitrogens with zero attached hydrogens (tertiary/aromatic N) is 1. The molecule has 0 aromatic carbocycles. The third kappa shape index (κ3) is 2.67. The van der Waals surface area contributed by atoms with Gasteiger partial charge in [0.1, 0.15) is 5.76 Å². The Morgan fingerprint density at radius 2 is 2.20 bits per heavy atom. The Labute approximate surface area is 119 Å². The molecule has 0 radical (unpaired) electrons. The summed E-state index contributed by atoms with van der Waals surface area (Å²) in [5.74, 6) is 2.42. The lowest BCUT2D eigenvalue weighted by molar-refractivity contribution is 0.231. The van der Waals surface area contributed by atoms with Gasteiger partial charge in [0.15, 0.2) is 0 Å². The number of hydrogen-bond donors (Lipinski definition) is 2. The Hall–Kier alpha value is -1.52. The molecule has 0 spiro atoms. The molecule has 110 valence electrons. The molecular formula is C15H23N3O2. The van der Waals surface area contributed by atoms with E-state index in [0.29, 0.717) is 18.5 Å². The first-order valence-electron chi connectivity index (χ1n) is 7.59. The van der Waals surface area contributed by atoms with Crippen molar-refractivity contribution >= 4 is 6.03 Å². The molecule has 3 unspecified atom stereocenters. The lowest BCUT2D eigenvalue weighted by atomic mass is 9.95. The van der Waals surface area contributed by atoms with Crippen molar-refractivity contribution in [3.05, 3.63) is 17.0 Å². The number of rotatable bonds is 4. The molecule has 2 aliphatic carbocycles. The first kappa shape index (κ1) is 13.5. The SMILES string of the molecule is Cc1noc(C)c1CCNC(=O)NC1CC2CCC1C2. The van der Waals surface area contributed by atoms with Crippen LogP contribution in [0.5, 0.6) is 0 Å². The van der Waals surface area contributed by atoms with Gasteiger partial charge in [-0.25, -0.2) is 4.79 Å². The molecule has 2 bridgehead atoms. The highest BCUT2D eigenvalue weighted by Gasteiger charge is 2.40. The quantitative estimate of drug-likeness (QED) is 0.887. The van der Waals surface area contributed by atoms with Crippen LogP contribution in [0.1, 0.15) is 42.7 Å². The number of hydrogen-bond acceptors (Lipinski definition) is 3. The van der Waals surface area contributed by atoms with Crippen LogP contribution in [0.4, 0.5) is 4.79 Å². The Bertz CT molecular complexity index is 478. The summed E-state index contributed by atoms with van der Waals surface area (Å²) in [4.78, 5) is 11.9. The van der Waals surface area contributed by atoms with Crippen molar-refractivity contribution in [2.24, 2.45) is 11.8 Å². The van der Waals surface area contributed by atoms with E-state index in [1.165, 1.54) is 25.7 Å². The Balaban J connectivity index is 1.41. The van der Waals surface area contributed by atoms with Crippen LogP contribution in [0.25, 0.3) is 0 Å². The van der Waals surface area contributed by atoms with Gasteiger partial charge in [0.05, 0.1) is 5.69 Å². The van der Waals surface area contributed by atoms with Gasteiger partial charge in [0.2, 0.25) is 0 Å². The second kappa shape index (κ2) is 5.46. The summed E-state index contributed by atoms with van der Waals surface area (Å²) < 4.78 is 5.12. The molecule has 20 heavy (non-hydrogen) atoms. The van der Waals surface area contributed by atoms with E-state index in [1.54, 1.807) is 0 Å². The fourth-order valence-corrected chi connectivity index (χ4v) is 3.80. The fourth-order valence-electron chi connectivity index (χ4n) is 3.80. The molecule has 2 saturated carbocycles. The summed E-state index contributed by atoms with van der Waals surface area (Å²) in [5.41, 5.74) is 2.02. The molecule has 0 aliphatic heterocycles. The normalized spacial score (nSPS) is 27.8. The number of fused-ring (bicyclic) bond motifs is 2. The average Bonchev–Trinajstić information content (AvgIpc) is 3.09. The van der Waals surface area contributed by atoms with Gasteiger partial charge in [-0.05, 0) is 51.4 Å². The molecule has 2 amide bonds. The summed E-state index contributed by atoms with van der Waals surface area (Å²) in [6.45, 7) is 4.46. The van der Waals surface area contributed by atoms with Crippen molar-refractivity contribution < 1.29 is 9.32 Å². The van der Waals surface area contributed by atoms with E-state index < -0.39 is 0 Å². The van der Waals surface area contributed by atoms with Crippen molar-refractivity contribution in [1.82, 2.24) is 15.8 Å². The predicted octanol–water partition coefficient (Wildman–Crippen LogP) is 2.32. The van der Waals surface area contributed by atoms with Crippen LogP contribution in [0, 0.1) is 25.7 Å². The lowest BCUT2D eigenvalue weighted by Crippen LogP contribution is -2.44. The molecule has 2 aliphatic rings. The maximum absolute atomic E-state index is 11.9. The molecule has 5 heteroatoms. The topological polar surface area (TPSA) is 67.2 Å². The maximum atomic E-state index is 11.9. The standard InChI is InChI=1S/C15H23N3O2/c1-9-13(10(2)20-18-9)5-6-16-15(19)17-14-8-11-3-4-12(14)7-11/h11-12,14H,3-8H2,1-2H3,(H2,16,17,19). The Morgan fingerprint density at radius 1 is 1.35 bits per heavy atom. The second-order valence-corrected chi connectivity index (χ2v) is 6.23. The first-order chi connectivity index (χ1) is 9.63. The minimum absolute atomic E-state index is 0.0330. The summed E-state index contributed by atoms with van der Waals surface area (Å²) in [5, 5.41) is 9.99. The zero-order chi connectivity index (χ0) is 14.1. The minimum atomic E-state index is -0.0330. The minimum Gasteiger partial charge on any atom is -0.361 e. The van der Waals surface area contributed by atoms with Crippen LogP contribution in [0.15, 0.2) is 4.52 Å². The number of aromatic nitrogens is 1. The van der Waals surface area contributed by atoms with Crippen LogP contribution >= 0.6 is 0 Å². The molecule has 1 aromatic heterocycles. The van der Waals surface area contributed by atoms with Crippen LogP contribution in [0.2, 0.25) is 0 Å². The van der Waals surface area contributed by atoms with Crippen LogP contribution in [-0.2, 0) is 6.42 Å². The summed E-state index contributed by atoms with van der Waals surface area (Å²) >= 11 is 0. The molecule has 2 fully saturated rings. The number of nitrogens with one attached hydrogen (secondary N) is 2. The average molecular weight is 277 g/mol. The predicted molar refractivity (Wildman–Crippen MR) is 75.5 cm³/mol. The van der Waals surface area contributed by atoms with Gasteiger partial charge in [-0.2, -0.15) is 0 Å². The van der Waals surface area contributed by atoms with Crippen LogP contribution in [0.3, 0.4) is 0 Å². The third-order valence-electron chi connectivity index (χ3n) is 4.90. The maximum Gasteiger partial charge on any atom is 0.315 e. The molecular weight excluding hydrogens is 254 g/mol. The number of carbonyl (C=O) groups excluding carboxylic acids is 1. The van der Waals surface area contributed by atoms with Crippen LogP contribution < -0.4 is 10.6 Å². The summed E-state index contributed by atoms with van der Waals surface area (Å²) in [7, 11) is 0. The molecule has 0 saturated heterocycles.